The van der Waals surface area contributed by atoms with Gasteiger partial charge in [0.05, 0.1) is 11.1 Å². The zero-order valence-corrected chi connectivity index (χ0v) is 84.2. The maximum absolute atomic E-state index is 2.89. The first-order chi connectivity index (χ1) is 63.4. The van der Waals surface area contributed by atoms with Gasteiger partial charge in [0.25, 0.3) is 13.4 Å². The molecule has 14 aromatic rings. The van der Waals surface area contributed by atoms with Crippen LogP contribution >= 0.6 is 0 Å². The zero-order chi connectivity index (χ0) is 93.3. The molecule has 2 aliphatic carbocycles. The van der Waals surface area contributed by atoms with E-state index < -0.39 is 0 Å². The Labute approximate surface area is 799 Å². The van der Waals surface area contributed by atoms with Gasteiger partial charge in [-0.15, -0.1) is 0 Å². The van der Waals surface area contributed by atoms with Crippen molar-refractivity contribution in [3.8, 4) is 0 Å². The van der Waals surface area contributed by atoms with Gasteiger partial charge in [0.1, 0.15) is 0 Å². The van der Waals surface area contributed by atoms with Crippen LogP contribution in [0, 0.1) is 0 Å². The van der Waals surface area contributed by atoms with Gasteiger partial charge in [0.15, 0.2) is 0 Å². The van der Waals surface area contributed by atoms with E-state index in [1.807, 2.05) is 0 Å². The number of anilines is 16. The predicted molar refractivity (Wildman–Crippen MR) is 576 cm³/mol. The second kappa shape index (κ2) is 28.1. The second-order valence-electron chi connectivity index (χ2n) is 49.8. The zero-order valence-electron chi connectivity index (χ0n) is 84.2. The molecule has 8 heteroatoms. The maximum Gasteiger partial charge on any atom is 0.252 e. The number of nitrogens with zero attached hydrogens (tertiary/aromatic N) is 6. The van der Waals surface area contributed by atoms with Crippen LogP contribution in [0.3, 0.4) is 0 Å². The lowest BCUT2D eigenvalue weighted by molar-refractivity contribution is 0.194. The summed E-state index contributed by atoms with van der Waals surface area (Å²) in [6.45, 7) is 59.8. The van der Waals surface area contributed by atoms with Gasteiger partial charge in [-0.2, -0.15) is 0 Å². The van der Waals surface area contributed by atoms with E-state index in [1.54, 1.807) is 0 Å². The predicted octanol–water partition coefficient (Wildman–Crippen LogP) is 30.1. The topological polar surface area (TPSA) is 19.4 Å². The Morgan fingerprint density at radius 2 is 0.575 bits per heavy atom. The van der Waals surface area contributed by atoms with Gasteiger partial charge in [-0.05, 0) is 315 Å². The van der Waals surface area contributed by atoms with E-state index >= 15 is 0 Å². The number of fused-ring (bicyclic) bond motifs is 8. The average molecular weight is 1750 g/mol. The summed E-state index contributed by atoms with van der Waals surface area (Å²) in [5.41, 5.74) is 43.9. The van der Waals surface area contributed by atoms with Crippen molar-refractivity contribution in [2.45, 2.75) is 296 Å². The summed E-state index contributed by atoms with van der Waals surface area (Å²) in [6, 6.07) is 103. The largest absolute Gasteiger partial charge is 0.334 e. The van der Waals surface area contributed by atoms with E-state index in [0.29, 0.717) is 0 Å². The molecule has 14 aromatic carbocycles. The lowest BCUT2D eigenvalue weighted by atomic mass is 9.28. The molecule has 0 aromatic heterocycles. The molecule has 4 atom stereocenters. The summed E-state index contributed by atoms with van der Waals surface area (Å²) >= 11 is 0. The van der Waals surface area contributed by atoms with Crippen molar-refractivity contribution in [3.63, 3.8) is 0 Å². The molecular formula is C126H134B2N6. The summed E-state index contributed by atoms with van der Waals surface area (Å²) < 4.78 is 0. The number of hydrogen-bond acceptors (Lipinski definition) is 6. The van der Waals surface area contributed by atoms with Crippen LogP contribution in [0.1, 0.15) is 297 Å². The maximum atomic E-state index is 2.89. The Balaban J connectivity index is 0.663. The van der Waals surface area contributed by atoms with Crippen molar-refractivity contribution >= 4 is 159 Å². The van der Waals surface area contributed by atoms with Gasteiger partial charge in [0.2, 0.25) is 0 Å². The lowest BCUT2D eigenvalue weighted by Gasteiger charge is -2.53. The van der Waals surface area contributed by atoms with Gasteiger partial charge >= 0.3 is 0 Å². The first-order valence-corrected chi connectivity index (χ1v) is 50.7. The highest BCUT2D eigenvalue weighted by Gasteiger charge is 2.62. The number of rotatable bonds is 11. The smallest absolute Gasteiger partial charge is 0.252 e. The molecule has 4 unspecified atom stereocenters. The minimum Gasteiger partial charge on any atom is -0.334 e. The van der Waals surface area contributed by atoms with Crippen LogP contribution in [-0.2, 0) is 54.1 Å². The van der Waals surface area contributed by atoms with E-state index in [2.05, 4.69) is 450 Å². The van der Waals surface area contributed by atoms with Gasteiger partial charge in [-0.3, -0.25) is 0 Å². The minimum atomic E-state index is -0.377. The summed E-state index contributed by atoms with van der Waals surface area (Å²) in [6.07, 6.45) is 11.3. The van der Waals surface area contributed by atoms with Crippen LogP contribution in [0.5, 0.6) is 0 Å². The average Bonchev–Trinajstić information content (AvgIpc) is 0.743. The van der Waals surface area contributed by atoms with Gasteiger partial charge < -0.3 is 29.4 Å². The van der Waals surface area contributed by atoms with E-state index in [9.17, 15) is 0 Å². The third-order valence-corrected chi connectivity index (χ3v) is 36.4. The van der Waals surface area contributed by atoms with E-state index in [-0.39, 0.29) is 78.7 Å². The summed E-state index contributed by atoms with van der Waals surface area (Å²) in [4.78, 5) is 16.7. The lowest BCUT2D eigenvalue weighted by Crippen LogP contribution is -2.67. The van der Waals surface area contributed by atoms with Crippen molar-refractivity contribution in [3.05, 3.63) is 322 Å². The Morgan fingerprint density at radius 1 is 0.231 bits per heavy atom. The molecule has 8 aliphatic heterocycles. The third kappa shape index (κ3) is 11.8. The fourth-order valence-electron chi connectivity index (χ4n) is 27.8. The molecule has 0 N–H and O–H groups in total. The van der Waals surface area contributed by atoms with Crippen LogP contribution in [0.4, 0.5) is 91.0 Å². The van der Waals surface area contributed by atoms with E-state index in [4.69, 9.17) is 0 Å². The van der Waals surface area contributed by atoms with Gasteiger partial charge in [-0.25, -0.2) is 0 Å². The fourth-order valence-corrected chi connectivity index (χ4v) is 27.8. The molecule has 0 bridgehead atoms. The molecule has 6 nitrogen and oxygen atoms in total. The van der Waals surface area contributed by atoms with E-state index in [0.717, 1.165) is 38.5 Å². The number of benzene rings is 14. The summed E-state index contributed by atoms with van der Waals surface area (Å²) in [7, 11) is 0. The Kier molecular flexibility index (Phi) is 17.9. The fraction of sp³-hybridized carbons (Fsp3) is 0.365. The molecule has 0 amide bonds. The quantitative estimate of drug-likeness (QED) is 0.119. The molecule has 674 valence electrons. The Hall–Kier alpha value is -11.5. The van der Waals surface area contributed by atoms with E-state index in [1.165, 1.54) is 238 Å². The highest BCUT2D eigenvalue weighted by atomic mass is 15.3. The van der Waals surface area contributed by atoms with Crippen molar-refractivity contribution < 1.29 is 0 Å². The number of hydrogen-bond donors (Lipinski definition) is 0. The van der Waals surface area contributed by atoms with Crippen molar-refractivity contribution in [1.29, 1.82) is 0 Å². The summed E-state index contributed by atoms with van der Waals surface area (Å²) in [5, 5.41) is 4.99. The van der Waals surface area contributed by atoms with Crippen LogP contribution in [0.2, 0.25) is 0 Å². The van der Waals surface area contributed by atoms with Gasteiger partial charge in [-0.1, -0.05) is 324 Å². The minimum absolute atomic E-state index is 0.000361. The van der Waals surface area contributed by atoms with Crippen LogP contribution in [-0.4, -0.2) is 24.5 Å². The standard InChI is InChI=1S/C126H134B2N6/c1-115(2,3)81-48-54-87(55-49-81)129-104-72-86(71-98-112(104)128-111-95(122(98,19)20)42-35-45-103(111)132(90-67-84(117(7,8)9)66-85(68-90)118(10,11)12)108-76-91(73-105(129)113(108)128)133-99-56-50-82(116(4,5)6)69-96(99)123(21)58-29-31-60-125(123,133)23)120(15,16)63-62-119(13,14)83-51-57-100-97(70-83)124(22)59-30-32-61-126(124,24)134(100)92-74-106-114-107(75-92)131(89-53-47-78-37-26-28-39-80(78)65-89)102-44-34-41-94-110(102)127(114)109-93(121(94,17)18)40-33-43-101(109)130(106)88-52-46-77-36-25-27-38-79(77)64-88/h25-28,33-57,64-76H,29-32,58-63H2,1-24H3. The molecular weight excluding hydrogens is 1620 g/mol. The first kappa shape index (κ1) is 85.4. The van der Waals surface area contributed by atoms with Gasteiger partial charge in [0, 0.05) is 113 Å². The third-order valence-electron chi connectivity index (χ3n) is 36.4. The first-order valence-electron chi connectivity index (χ1n) is 50.7. The van der Waals surface area contributed by atoms with Crippen LogP contribution < -0.4 is 62.2 Å². The van der Waals surface area contributed by atoms with Crippen molar-refractivity contribution in [1.82, 2.24) is 0 Å². The van der Waals surface area contributed by atoms with Crippen LogP contribution in [0.15, 0.2) is 255 Å². The molecule has 0 saturated heterocycles. The Bertz CT molecular complexity index is 7200. The molecule has 0 radical (unpaired) electrons. The highest BCUT2D eigenvalue weighted by molar-refractivity contribution is 7.02. The van der Waals surface area contributed by atoms with Crippen molar-refractivity contribution in [2.24, 2.45) is 0 Å². The summed E-state index contributed by atoms with van der Waals surface area (Å²) in [5.74, 6) is 0. The monoisotopic (exact) mass is 1750 g/mol. The molecule has 2 saturated carbocycles. The molecule has 0 spiro atoms. The SMILES string of the molecule is CC(C)(C)c1ccc(N2c3cc(N4c5ccc(C(C)(C)C)cc5C5(C)CCCCC45C)cc4c3B3c5c(cccc5C(C)(C)c5cc(C(C)(C)CCC(C)(C)c6ccc7c(c6)C6(C)CCCCC6(C)N7c6cc7c8c(c6)N(c6ccc9ccccc9c6)c6cccc9c6B8c6c(cccc6C9(C)C)N7c6ccc7ccccc7c6)cc2c53)N4c2cc(C(C)(C)C)cc(C(C)(C)C)c2)cc1. The molecule has 134 heavy (non-hydrogen) atoms. The molecule has 24 rings (SSSR count). The second-order valence-corrected chi connectivity index (χ2v) is 49.8. The normalized spacial score (nSPS) is 21.2. The molecule has 10 aliphatic rings. The Morgan fingerprint density at radius 3 is 1.01 bits per heavy atom. The molecule has 2 fully saturated rings. The van der Waals surface area contributed by atoms with Crippen molar-refractivity contribution in [2.75, 3.05) is 29.4 Å². The van der Waals surface area contributed by atoms with Crippen LogP contribution in [0.25, 0.3) is 21.5 Å². The molecule has 8 heterocycles. The highest BCUT2D eigenvalue weighted by Crippen LogP contribution is 2.66.